The van der Waals surface area contributed by atoms with Crippen LogP contribution in [0.4, 0.5) is 17.1 Å². The van der Waals surface area contributed by atoms with Gasteiger partial charge in [0.05, 0.1) is 16.8 Å². The van der Waals surface area contributed by atoms with Crippen LogP contribution in [0, 0.1) is 23.7 Å². The smallest absolute Gasteiger partial charge is 0.164 e. The molecule has 4 bridgehead atoms. The summed E-state index contributed by atoms with van der Waals surface area (Å²) in [4.78, 5) is 20.3. The van der Waals surface area contributed by atoms with Gasteiger partial charge in [0.2, 0.25) is 0 Å². The highest BCUT2D eigenvalue weighted by Gasteiger charge is 2.63. The second kappa shape index (κ2) is 16.9. The van der Waals surface area contributed by atoms with Crippen molar-refractivity contribution in [3.63, 3.8) is 0 Å². The van der Waals surface area contributed by atoms with Crippen LogP contribution in [0.25, 0.3) is 45.3 Å². The molecule has 0 unspecified atom stereocenters. The van der Waals surface area contributed by atoms with E-state index in [1.54, 1.807) is 11.1 Å². The van der Waals surface area contributed by atoms with Gasteiger partial charge in [0, 0.05) is 37.6 Å². The van der Waals surface area contributed by atoms with E-state index in [9.17, 15) is 0 Å². The van der Waals surface area contributed by atoms with Gasteiger partial charge in [0.15, 0.2) is 17.5 Å². The number of anilines is 3. The first kappa shape index (κ1) is 42.8. The lowest BCUT2D eigenvalue weighted by Crippen LogP contribution is -2.59. The molecular weight excluding hydrogens is 905 g/mol. The van der Waals surface area contributed by atoms with Crippen molar-refractivity contribution in [3.05, 3.63) is 264 Å². The highest BCUT2D eigenvalue weighted by Crippen LogP contribution is 2.70. The zero-order valence-corrected chi connectivity index (χ0v) is 41.3. The number of fused-ring (bicyclic) bond motifs is 4. The second-order valence-electron chi connectivity index (χ2n) is 21.1. The predicted octanol–water partition coefficient (Wildman–Crippen LogP) is 16.9. The summed E-state index contributed by atoms with van der Waals surface area (Å²) in [5, 5.41) is 0. The van der Waals surface area contributed by atoms with Crippen LogP contribution < -0.4 is 4.90 Å². The van der Waals surface area contributed by atoms with Crippen LogP contribution in [0.3, 0.4) is 0 Å². The molecule has 0 amide bonds. The molecule has 73 heavy (non-hydrogen) atoms. The van der Waals surface area contributed by atoms with Crippen molar-refractivity contribution in [2.45, 2.75) is 52.7 Å². The van der Waals surface area contributed by atoms with E-state index in [1.807, 2.05) is 30.0 Å². The Morgan fingerprint density at radius 1 is 0.356 bits per heavy atom. The summed E-state index contributed by atoms with van der Waals surface area (Å²) in [6.45, 7) is 0. The Hall–Kier alpha value is -7.86. The van der Waals surface area contributed by atoms with Crippen LogP contribution in [-0.2, 0) is 10.8 Å². The average molecular weight is 957 g/mol. The van der Waals surface area contributed by atoms with Crippen molar-refractivity contribution in [2.75, 3.05) is 4.90 Å². The van der Waals surface area contributed by atoms with Gasteiger partial charge < -0.3 is 4.90 Å². The summed E-state index contributed by atoms with van der Waals surface area (Å²) in [7, 11) is 0. The maximum absolute atomic E-state index is 5.23. The maximum Gasteiger partial charge on any atom is 0.164 e. The summed E-state index contributed by atoms with van der Waals surface area (Å²) < 4.78 is 0. The largest absolute Gasteiger partial charge is 0.308 e. The predicted molar refractivity (Wildman–Crippen MR) is 297 cm³/mol. The lowest BCUT2D eigenvalue weighted by atomic mass is 9.38. The van der Waals surface area contributed by atoms with E-state index >= 15 is 0 Å². The van der Waals surface area contributed by atoms with Gasteiger partial charge in [-0.15, -0.1) is 0 Å². The normalized spacial score (nSPS) is 21.5. The van der Waals surface area contributed by atoms with Crippen molar-refractivity contribution < 1.29 is 0 Å². The molecule has 6 aliphatic rings. The molecule has 0 atom stereocenters. The second-order valence-corrected chi connectivity index (χ2v) is 22.2. The highest BCUT2D eigenvalue weighted by atomic mass is 32.2. The third-order valence-electron chi connectivity index (χ3n) is 17.4. The molecule has 1 spiro atoms. The number of benzene rings is 9. The topological polar surface area (TPSA) is 41.9 Å². The standard InChI is InChI=1S/C68H52N4S/c1-4-16-47(17-5-1)64-69-65(71-66(70-64)49-32-35-55(36-33-49)72-60-24-12-14-26-62(60)73-63-27-15-13-25-61(63)72)48-30-28-46(29-31-48)50-34-37-58-59(43-50)68(53-39-44-38-45(41-53)42-54(68)40-44)57-23-11-10-22-56(57)67(58,51-18-6-2-7-19-51)52-20-8-3-9-21-52/h1-37,43-45,53-54H,38-42H2. The minimum absolute atomic E-state index is 0.0441. The van der Waals surface area contributed by atoms with E-state index in [0.717, 1.165) is 34.2 Å². The Balaban J connectivity index is 0.847. The molecule has 0 N–H and O–H groups in total. The fourth-order valence-electron chi connectivity index (χ4n) is 14.7. The van der Waals surface area contributed by atoms with Crippen molar-refractivity contribution in [1.29, 1.82) is 0 Å². The molecule has 16 rings (SSSR count). The molecule has 4 fully saturated rings. The Morgan fingerprint density at radius 3 is 1.34 bits per heavy atom. The highest BCUT2D eigenvalue weighted by molar-refractivity contribution is 7.99. The van der Waals surface area contributed by atoms with Crippen molar-refractivity contribution >= 4 is 28.8 Å². The molecule has 350 valence electrons. The number of aromatic nitrogens is 3. The van der Waals surface area contributed by atoms with Crippen molar-refractivity contribution in [1.82, 2.24) is 15.0 Å². The fraction of sp³-hybridized carbons (Fsp3) is 0.162. The molecule has 1 aromatic heterocycles. The van der Waals surface area contributed by atoms with Crippen LogP contribution in [-0.4, -0.2) is 15.0 Å². The van der Waals surface area contributed by atoms with Crippen molar-refractivity contribution in [2.24, 2.45) is 23.7 Å². The van der Waals surface area contributed by atoms with Gasteiger partial charge >= 0.3 is 0 Å². The van der Waals surface area contributed by atoms with E-state index in [2.05, 4.69) is 217 Å². The first-order chi connectivity index (χ1) is 36.1. The lowest BCUT2D eigenvalue weighted by molar-refractivity contribution is -0.0440. The quantitative estimate of drug-likeness (QED) is 0.159. The molecule has 0 saturated heterocycles. The minimum Gasteiger partial charge on any atom is -0.308 e. The van der Waals surface area contributed by atoms with Crippen molar-refractivity contribution in [3.8, 4) is 45.3 Å². The monoisotopic (exact) mass is 956 g/mol. The van der Waals surface area contributed by atoms with Crippen LogP contribution in [0.15, 0.2) is 240 Å². The number of rotatable bonds is 7. The first-order valence-corrected chi connectivity index (χ1v) is 27.0. The third kappa shape index (κ3) is 6.57. The summed E-state index contributed by atoms with van der Waals surface area (Å²) in [6, 6.07) is 85.1. The Morgan fingerprint density at radius 2 is 0.781 bits per heavy atom. The molecule has 1 aliphatic heterocycles. The zero-order valence-electron chi connectivity index (χ0n) is 40.5. The number of hydrogen-bond donors (Lipinski definition) is 0. The van der Waals surface area contributed by atoms with Gasteiger partial charge in [-0.2, -0.15) is 0 Å². The number of para-hydroxylation sites is 2. The number of hydrogen-bond acceptors (Lipinski definition) is 5. The van der Waals surface area contributed by atoms with Gasteiger partial charge in [-0.25, -0.2) is 15.0 Å². The molecule has 2 heterocycles. The molecule has 10 aromatic rings. The van der Waals surface area contributed by atoms with E-state index in [1.165, 1.54) is 86.7 Å². The van der Waals surface area contributed by atoms with Crippen LogP contribution in [0.1, 0.15) is 65.5 Å². The van der Waals surface area contributed by atoms with Gasteiger partial charge in [-0.05, 0) is 155 Å². The Bertz CT molecular complexity index is 3610. The average Bonchev–Trinajstić information content (AvgIpc) is 3.46. The summed E-state index contributed by atoms with van der Waals surface area (Å²) in [5.41, 5.74) is 16.9. The van der Waals surface area contributed by atoms with E-state index < -0.39 is 5.41 Å². The van der Waals surface area contributed by atoms with E-state index in [0.29, 0.717) is 29.3 Å². The lowest BCUT2D eigenvalue weighted by Gasteiger charge is -2.65. The van der Waals surface area contributed by atoms with E-state index in [4.69, 9.17) is 15.0 Å². The molecule has 4 saturated carbocycles. The van der Waals surface area contributed by atoms with Gasteiger partial charge in [0.25, 0.3) is 0 Å². The van der Waals surface area contributed by atoms with Crippen LogP contribution in [0.5, 0.6) is 0 Å². The Labute approximate surface area is 431 Å². The SMILES string of the molecule is c1ccc(-c2nc(-c3ccc(-c4ccc5c(c4)C4(c6ccccc6C5(c5ccccc5)c5ccccc5)C5CC6CC(C5)CC4C6)cc3)nc(-c3ccc(N4c5ccccc5Sc5ccccc54)cc3)n2)cc1. The maximum atomic E-state index is 5.23. The van der Waals surface area contributed by atoms with E-state index in [-0.39, 0.29) is 5.41 Å². The summed E-state index contributed by atoms with van der Waals surface area (Å²) in [5.74, 6) is 4.89. The molecule has 5 aliphatic carbocycles. The molecular formula is C68H52N4S. The molecule has 4 nitrogen and oxygen atoms in total. The van der Waals surface area contributed by atoms with Crippen LogP contribution in [0.2, 0.25) is 0 Å². The van der Waals surface area contributed by atoms with Gasteiger partial charge in [-0.3, -0.25) is 0 Å². The van der Waals surface area contributed by atoms with Crippen LogP contribution >= 0.6 is 11.8 Å². The van der Waals surface area contributed by atoms with Gasteiger partial charge in [0.1, 0.15) is 0 Å². The minimum atomic E-state index is -0.465. The van der Waals surface area contributed by atoms with Gasteiger partial charge in [-0.1, -0.05) is 188 Å². The summed E-state index contributed by atoms with van der Waals surface area (Å²) in [6.07, 6.45) is 6.73. The number of nitrogens with zero attached hydrogens (tertiary/aromatic N) is 4. The summed E-state index contributed by atoms with van der Waals surface area (Å²) >= 11 is 1.82. The first-order valence-electron chi connectivity index (χ1n) is 26.2. The molecule has 0 radical (unpaired) electrons. The molecule has 5 heteroatoms. The zero-order chi connectivity index (χ0) is 48.1. The fourth-order valence-corrected chi connectivity index (χ4v) is 15.8. The Kier molecular flexibility index (Phi) is 9.88. The molecule has 9 aromatic carbocycles. The third-order valence-corrected chi connectivity index (χ3v) is 18.6.